The molecule has 0 bridgehead atoms. The number of phenols is 1. The van der Waals surface area contributed by atoms with Crippen molar-refractivity contribution < 1.29 is 34.0 Å². The number of aliphatic hydroxyl groups is 1. The van der Waals surface area contributed by atoms with Gasteiger partial charge in [0.2, 0.25) is 5.78 Å². The largest absolute Gasteiger partial charge is 0.508 e. The fourth-order valence-corrected chi connectivity index (χ4v) is 3.91. The standard InChI is InChI=1S/C23H24O7/c1-12(2)5-6-13-16(24)8-7-14-21(13)30-20-11-29-17-10-19(28-4)18(27-3)9-15(17)23(20,26)22(14)25/h5,7-10,20,24,26H,6,11H2,1-4H3/t20-,23-/m1/s1. The van der Waals surface area contributed by atoms with Crippen LogP contribution in [0.1, 0.15) is 35.3 Å². The normalized spacial score (nSPS) is 21.4. The third-order valence-corrected chi connectivity index (χ3v) is 5.55. The summed E-state index contributed by atoms with van der Waals surface area (Å²) in [5.41, 5.74) is 0.0892. The van der Waals surface area contributed by atoms with Gasteiger partial charge in [-0.05, 0) is 38.5 Å². The lowest BCUT2D eigenvalue weighted by molar-refractivity contribution is -0.0803. The van der Waals surface area contributed by atoms with Crippen molar-refractivity contribution in [1.29, 1.82) is 0 Å². The number of ether oxygens (including phenoxy) is 4. The number of phenolic OH excluding ortho intramolecular Hbond substituents is 1. The molecule has 2 heterocycles. The smallest absolute Gasteiger partial charge is 0.206 e. The van der Waals surface area contributed by atoms with E-state index in [4.69, 9.17) is 18.9 Å². The van der Waals surface area contributed by atoms with Crippen molar-refractivity contribution in [3.8, 4) is 28.7 Å². The maximum Gasteiger partial charge on any atom is 0.206 e. The molecule has 0 saturated heterocycles. The van der Waals surface area contributed by atoms with E-state index in [1.807, 2.05) is 19.9 Å². The van der Waals surface area contributed by atoms with Gasteiger partial charge in [0.05, 0.1) is 19.8 Å². The minimum atomic E-state index is -1.95. The summed E-state index contributed by atoms with van der Waals surface area (Å²) in [5, 5.41) is 22.0. The number of methoxy groups -OCH3 is 2. The molecule has 30 heavy (non-hydrogen) atoms. The third-order valence-electron chi connectivity index (χ3n) is 5.55. The molecule has 0 amide bonds. The highest BCUT2D eigenvalue weighted by Crippen LogP contribution is 2.50. The number of hydrogen-bond acceptors (Lipinski definition) is 7. The molecule has 0 aliphatic carbocycles. The molecule has 0 fully saturated rings. The first-order valence-corrected chi connectivity index (χ1v) is 9.62. The summed E-state index contributed by atoms with van der Waals surface area (Å²) in [6.07, 6.45) is 1.36. The molecule has 2 atom stereocenters. The van der Waals surface area contributed by atoms with Crippen LogP contribution in [0.5, 0.6) is 28.7 Å². The molecule has 7 heteroatoms. The topological polar surface area (TPSA) is 94.5 Å². The molecule has 0 unspecified atom stereocenters. The van der Waals surface area contributed by atoms with Crippen LogP contribution >= 0.6 is 0 Å². The third kappa shape index (κ3) is 2.89. The summed E-state index contributed by atoms with van der Waals surface area (Å²) >= 11 is 0. The molecule has 2 N–H and O–H groups in total. The highest BCUT2D eigenvalue weighted by atomic mass is 16.6. The second kappa shape index (κ2) is 7.25. The van der Waals surface area contributed by atoms with Gasteiger partial charge >= 0.3 is 0 Å². The predicted octanol–water partition coefficient (Wildman–Crippen LogP) is 3.14. The molecule has 2 aromatic carbocycles. The van der Waals surface area contributed by atoms with Crippen LogP contribution in [0.25, 0.3) is 0 Å². The molecule has 4 rings (SSSR count). The van der Waals surface area contributed by atoms with Crippen molar-refractivity contribution in [2.75, 3.05) is 20.8 Å². The van der Waals surface area contributed by atoms with E-state index in [0.29, 0.717) is 29.2 Å². The summed E-state index contributed by atoms with van der Waals surface area (Å²) in [7, 11) is 2.97. The van der Waals surface area contributed by atoms with E-state index in [2.05, 4.69) is 0 Å². The number of allylic oxidation sites excluding steroid dienone is 2. The van der Waals surface area contributed by atoms with Gasteiger partial charge in [-0.1, -0.05) is 11.6 Å². The molecule has 2 aromatic rings. The molecule has 0 aromatic heterocycles. The maximum absolute atomic E-state index is 13.5. The fraction of sp³-hybridized carbons (Fsp3) is 0.348. The Morgan fingerprint density at radius 1 is 1.23 bits per heavy atom. The second-order valence-electron chi connectivity index (χ2n) is 7.64. The average molecular weight is 412 g/mol. The van der Waals surface area contributed by atoms with Crippen LogP contribution in [-0.4, -0.2) is 42.9 Å². The van der Waals surface area contributed by atoms with E-state index in [1.54, 1.807) is 6.07 Å². The summed E-state index contributed by atoms with van der Waals surface area (Å²) < 4.78 is 22.5. The van der Waals surface area contributed by atoms with Gasteiger partial charge in [0, 0.05) is 17.2 Å². The Bertz CT molecular complexity index is 1050. The highest BCUT2D eigenvalue weighted by molar-refractivity contribution is 6.07. The number of aromatic hydroxyl groups is 1. The monoisotopic (exact) mass is 412 g/mol. The average Bonchev–Trinajstić information content (AvgIpc) is 2.73. The zero-order valence-electron chi connectivity index (χ0n) is 17.3. The van der Waals surface area contributed by atoms with Gasteiger partial charge in [-0.2, -0.15) is 0 Å². The molecule has 0 spiro atoms. The van der Waals surface area contributed by atoms with Crippen molar-refractivity contribution in [2.45, 2.75) is 32.0 Å². The van der Waals surface area contributed by atoms with Gasteiger partial charge in [0.1, 0.15) is 23.9 Å². The van der Waals surface area contributed by atoms with Crippen LogP contribution < -0.4 is 18.9 Å². The van der Waals surface area contributed by atoms with Crippen molar-refractivity contribution in [3.05, 3.63) is 52.6 Å². The van der Waals surface area contributed by atoms with E-state index in [1.165, 1.54) is 32.4 Å². The fourth-order valence-electron chi connectivity index (χ4n) is 3.91. The molecule has 2 aliphatic heterocycles. The van der Waals surface area contributed by atoms with Gasteiger partial charge in [-0.25, -0.2) is 0 Å². The molecule has 0 saturated carbocycles. The van der Waals surface area contributed by atoms with Crippen LogP contribution in [0.15, 0.2) is 35.9 Å². The Hall–Kier alpha value is -3.19. The number of fused-ring (bicyclic) bond motifs is 4. The lowest BCUT2D eigenvalue weighted by atomic mass is 9.77. The van der Waals surface area contributed by atoms with Crippen LogP contribution in [0, 0.1) is 0 Å². The SMILES string of the molecule is COc1cc2c(cc1OC)[C@]1(O)C(=O)c3ccc(O)c(CC=C(C)C)c3O[C@@H]1CO2. The van der Waals surface area contributed by atoms with Crippen molar-refractivity contribution in [3.63, 3.8) is 0 Å². The zero-order chi connectivity index (χ0) is 21.6. The first-order chi connectivity index (χ1) is 14.3. The van der Waals surface area contributed by atoms with Crippen molar-refractivity contribution in [1.82, 2.24) is 0 Å². The van der Waals surface area contributed by atoms with Gasteiger partial charge < -0.3 is 29.2 Å². The first kappa shape index (κ1) is 20.1. The van der Waals surface area contributed by atoms with Crippen molar-refractivity contribution in [2.24, 2.45) is 0 Å². The molecule has 7 nitrogen and oxygen atoms in total. The molecule has 2 aliphatic rings. The maximum atomic E-state index is 13.5. The molecule has 0 radical (unpaired) electrons. The minimum Gasteiger partial charge on any atom is -0.508 e. The predicted molar refractivity (Wildman–Crippen MR) is 109 cm³/mol. The number of rotatable bonds is 4. The van der Waals surface area contributed by atoms with E-state index in [9.17, 15) is 15.0 Å². The Kier molecular flexibility index (Phi) is 4.86. The molecule has 158 valence electrons. The van der Waals surface area contributed by atoms with Crippen molar-refractivity contribution >= 4 is 5.78 Å². The number of carbonyl (C=O) groups is 1. The summed E-state index contributed by atoms with van der Waals surface area (Å²) in [4.78, 5) is 13.5. The number of benzene rings is 2. The summed E-state index contributed by atoms with van der Waals surface area (Å²) in [6.45, 7) is 3.86. The van der Waals surface area contributed by atoms with E-state index >= 15 is 0 Å². The van der Waals surface area contributed by atoms with E-state index < -0.39 is 17.5 Å². The minimum absolute atomic E-state index is 0.0352. The van der Waals surface area contributed by atoms with Crippen LogP contribution in [-0.2, 0) is 12.0 Å². The van der Waals surface area contributed by atoms with Gasteiger partial charge in [0.15, 0.2) is 23.2 Å². The Morgan fingerprint density at radius 2 is 1.93 bits per heavy atom. The van der Waals surface area contributed by atoms with Gasteiger partial charge in [-0.15, -0.1) is 0 Å². The molecular weight excluding hydrogens is 388 g/mol. The van der Waals surface area contributed by atoms with Crippen LogP contribution in [0.3, 0.4) is 0 Å². The lowest BCUT2D eigenvalue weighted by Gasteiger charge is -2.43. The number of Topliss-reactive ketones (excluding diaryl/α,β-unsaturated/α-hetero) is 1. The molecular formula is C23H24O7. The highest BCUT2D eigenvalue weighted by Gasteiger charge is 2.56. The Balaban J connectivity index is 1.87. The Morgan fingerprint density at radius 3 is 2.60 bits per heavy atom. The van der Waals surface area contributed by atoms with Gasteiger partial charge in [-0.3, -0.25) is 4.79 Å². The summed E-state index contributed by atoms with van der Waals surface area (Å²) in [6, 6.07) is 6.05. The van der Waals surface area contributed by atoms with E-state index in [0.717, 1.165) is 5.57 Å². The quantitative estimate of drug-likeness (QED) is 0.745. The number of carbonyl (C=O) groups excluding carboxylic acids is 1. The summed E-state index contributed by atoms with van der Waals surface area (Å²) in [5.74, 6) is 0.923. The second-order valence-corrected chi connectivity index (χ2v) is 7.64. The van der Waals surface area contributed by atoms with E-state index in [-0.39, 0.29) is 29.2 Å². The van der Waals surface area contributed by atoms with Gasteiger partial charge in [0.25, 0.3) is 0 Å². The van der Waals surface area contributed by atoms with Crippen LogP contribution in [0.4, 0.5) is 0 Å². The van der Waals surface area contributed by atoms with Crippen LogP contribution in [0.2, 0.25) is 0 Å². The number of hydrogen-bond donors (Lipinski definition) is 2. The lowest BCUT2D eigenvalue weighted by Crippen LogP contribution is -2.57. The number of ketones is 1. The zero-order valence-corrected chi connectivity index (χ0v) is 17.3. The first-order valence-electron chi connectivity index (χ1n) is 9.62. The Labute approximate surface area is 174 Å².